The molecule has 0 heterocycles. The number of allylic oxidation sites excluding steroid dienone is 2. The van der Waals surface area contributed by atoms with Crippen LogP contribution in [0, 0.1) is 0 Å². The zero-order valence-corrected chi connectivity index (χ0v) is 8.42. The average Bonchev–Trinajstić information content (AvgIpc) is 2.19. The number of benzene rings is 1. The Morgan fingerprint density at radius 1 is 1.07 bits per heavy atom. The van der Waals surface area contributed by atoms with Crippen LogP contribution in [0.3, 0.4) is 0 Å². The Morgan fingerprint density at radius 3 is 2.43 bits per heavy atom. The Bertz CT molecular complexity index is 373. The summed E-state index contributed by atoms with van der Waals surface area (Å²) >= 11 is 0. The summed E-state index contributed by atoms with van der Waals surface area (Å²) in [5.41, 5.74) is 3.88. The molecule has 14 heavy (non-hydrogen) atoms. The molecule has 0 amide bonds. The van der Waals surface area contributed by atoms with E-state index >= 15 is 0 Å². The first kappa shape index (κ1) is 9.20. The molecule has 2 rings (SSSR count). The first-order valence-corrected chi connectivity index (χ1v) is 5.03. The number of carbonyl (C=O) groups excluding carboxylic acids is 1. The molecule has 0 saturated carbocycles. The lowest BCUT2D eigenvalue weighted by molar-refractivity contribution is -0.118. The molecule has 1 heteroatoms. The summed E-state index contributed by atoms with van der Waals surface area (Å²) in [6, 6.07) is 10.4. The van der Waals surface area contributed by atoms with Crippen LogP contribution in [-0.2, 0) is 4.79 Å². The molecular weight excluding hydrogens is 172 g/mol. The zero-order valence-electron chi connectivity index (χ0n) is 8.42. The van der Waals surface area contributed by atoms with Crippen LogP contribution in [0.4, 0.5) is 0 Å². The van der Waals surface area contributed by atoms with Gasteiger partial charge in [0.15, 0.2) is 0 Å². The van der Waals surface area contributed by atoms with Gasteiger partial charge < -0.3 is 0 Å². The molecule has 0 atom stereocenters. The molecule has 1 aliphatic rings. The molecule has 0 saturated heterocycles. The molecule has 0 spiro atoms. The molecule has 1 aliphatic carbocycles. The van der Waals surface area contributed by atoms with E-state index in [1.807, 2.05) is 18.2 Å². The van der Waals surface area contributed by atoms with Crippen molar-refractivity contribution < 1.29 is 4.79 Å². The highest BCUT2D eigenvalue weighted by Gasteiger charge is 2.15. The molecule has 0 bridgehead atoms. The summed E-state index contributed by atoms with van der Waals surface area (Å²) in [6.07, 6.45) is 2.26. The van der Waals surface area contributed by atoms with E-state index in [0.29, 0.717) is 18.6 Å². The van der Waals surface area contributed by atoms with Gasteiger partial charge in [0.1, 0.15) is 5.78 Å². The van der Waals surface area contributed by atoms with Crippen molar-refractivity contribution in [1.29, 1.82) is 0 Å². The van der Waals surface area contributed by atoms with Gasteiger partial charge in [-0.25, -0.2) is 0 Å². The zero-order chi connectivity index (χ0) is 9.97. The van der Waals surface area contributed by atoms with Crippen molar-refractivity contribution in [3.05, 3.63) is 41.5 Å². The second-order valence-electron chi connectivity index (χ2n) is 3.84. The van der Waals surface area contributed by atoms with Crippen LogP contribution in [0.5, 0.6) is 0 Å². The molecule has 1 nitrogen and oxygen atoms in total. The lowest BCUT2D eigenvalue weighted by atomic mass is 9.87. The van der Waals surface area contributed by atoms with Crippen molar-refractivity contribution >= 4 is 11.4 Å². The topological polar surface area (TPSA) is 17.1 Å². The number of hydrogen-bond donors (Lipinski definition) is 0. The molecule has 0 N–H and O–H groups in total. The van der Waals surface area contributed by atoms with E-state index in [0.717, 1.165) is 6.42 Å². The first-order chi connectivity index (χ1) is 6.77. The van der Waals surface area contributed by atoms with Crippen molar-refractivity contribution in [1.82, 2.24) is 0 Å². The van der Waals surface area contributed by atoms with E-state index in [9.17, 15) is 4.79 Å². The second-order valence-corrected chi connectivity index (χ2v) is 3.84. The first-order valence-electron chi connectivity index (χ1n) is 5.03. The molecule has 72 valence electrons. The highest BCUT2D eigenvalue weighted by Crippen LogP contribution is 2.29. The molecular formula is C13H14O. The fourth-order valence-electron chi connectivity index (χ4n) is 2.00. The van der Waals surface area contributed by atoms with E-state index in [-0.39, 0.29) is 0 Å². The maximum absolute atomic E-state index is 11.2. The van der Waals surface area contributed by atoms with Crippen LogP contribution in [0.15, 0.2) is 35.9 Å². The number of rotatable bonds is 1. The summed E-state index contributed by atoms with van der Waals surface area (Å²) in [4.78, 5) is 11.2. The Hall–Kier alpha value is -1.37. The fourth-order valence-corrected chi connectivity index (χ4v) is 2.00. The largest absolute Gasteiger partial charge is 0.299 e. The van der Waals surface area contributed by atoms with Crippen LogP contribution in [0.25, 0.3) is 5.57 Å². The summed E-state index contributed by atoms with van der Waals surface area (Å²) in [6.45, 7) is 2.07. The molecule has 0 fully saturated rings. The average molecular weight is 186 g/mol. The quantitative estimate of drug-likeness (QED) is 0.658. The standard InChI is InChI=1S/C13H14O/c1-10-9-12(14)7-8-13(10)11-5-3-2-4-6-11/h2-6H,7-9H2,1H3. The van der Waals surface area contributed by atoms with E-state index in [2.05, 4.69) is 19.1 Å². The van der Waals surface area contributed by atoms with Gasteiger partial charge in [0.05, 0.1) is 0 Å². The Kier molecular flexibility index (Phi) is 2.49. The van der Waals surface area contributed by atoms with Crippen molar-refractivity contribution in [2.24, 2.45) is 0 Å². The lowest BCUT2D eigenvalue weighted by Crippen LogP contribution is -2.07. The second kappa shape index (κ2) is 3.79. The molecule has 1 aromatic carbocycles. The van der Waals surface area contributed by atoms with Crippen LogP contribution in [0.1, 0.15) is 31.7 Å². The maximum atomic E-state index is 11.2. The summed E-state index contributed by atoms with van der Waals surface area (Å²) in [5.74, 6) is 0.377. The third kappa shape index (κ3) is 1.77. The lowest BCUT2D eigenvalue weighted by Gasteiger charge is -2.17. The van der Waals surface area contributed by atoms with Crippen LogP contribution in [0.2, 0.25) is 0 Å². The van der Waals surface area contributed by atoms with Gasteiger partial charge in [-0.2, -0.15) is 0 Å². The highest BCUT2D eigenvalue weighted by molar-refractivity contribution is 5.88. The normalized spacial score (nSPS) is 17.4. The number of hydrogen-bond acceptors (Lipinski definition) is 1. The van der Waals surface area contributed by atoms with Gasteiger partial charge in [-0.05, 0) is 24.5 Å². The minimum Gasteiger partial charge on any atom is -0.299 e. The van der Waals surface area contributed by atoms with Gasteiger partial charge in [0, 0.05) is 12.8 Å². The smallest absolute Gasteiger partial charge is 0.137 e. The van der Waals surface area contributed by atoms with Crippen molar-refractivity contribution in [2.45, 2.75) is 26.2 Å². The van der Waals surface area contributed by atoms with Crippen molar-refractivity contribution in [3.8, 4) is 0 Å². The van der Waals surface area contributed by atoms with E-state index in [1.165, 1.54) is 16.7 Å². The molecule has 0 unspecified atom stereocenters. The van der Waals surface area contributed by atoms with E-state index < -0.39 is 0 Å². The summed E-state index contributed by atoms with van der Waals surface area (Å²) in [7, 11) is 0. The summed E-state index contributed by atoms with van der Waals surface area (Å²) in [5, 5.41) is 0. The highest BCUT2D eigenvalue weighted by atomic mass is 16.1. The Morgan fingerprint density at radius 2 is 1.79 bits per heavy atom. The molecule has 0 radical (unpaired) electrons. The molecule has 1 aromatic rings. The number of ketones is 1. The molecule has 0 aromatic heterocycles. The Balaban J connectivity index is 2.35. The predicted octanol–water partition coefficient (Wildman–Crippen LogP) is 3.21. The van der Waals surface area contributed by atoms with Crippen LogP contribution < -0.4 is 0 Å². The van der Waals surface area contributed by atoms with E-state index in [4.69, 9.17) is 0 Å². The molecule has 0 aliphatic heterocycles. The van der Waals surface area contributed by atoms with Gasteiger partial charge in [-0.1, -0.05) is 35.9 Å². The van der Waals surface area contributed by atoms with Crippen LogP contribution in [-0.4, -0.2) is 5.78 Å². The van der Waals surface area contributed by atoms with E-state index in [1.54, 1.807) is 0 Å². The third-order valence-corrected chi connectivity index (χ3v) is 2.75. The fraction of sp³-hybridized carbons (Fsp3) is 0.308. The maximum Gasteiger partial charge on any atom is 0.137 e. The minimum atomic E-state index is 0.377. The van der Waals surface area contributed by atoms with Crippen molar-refractivity contribution in [3.63, 3.8) is 0 Å². The summed E-state index contributed by atoms with van der Waals surface area (Å²) < 4.78 is 0. The third-order valence-electron chi connectivity index (χ3n) is 2.75. The van der Waals surface area contributed by atoms with Gasteiger partial charge >= 0.3 is 0 Å². The van der Waals surface area contributed by atoms with Gasteiger partial charge in [-0.15, -0.1) is 0 Å². The van der Waals surface area contributed by atoms with Crippen molar-refractivity contribution in [2.75, 3.05) is 0 Å². The predicted molar refractivity (Wildman–Crippen MR) is 57.9 cm³/mol. The number of carbonyl (C=O) groups is 1. The van der Waals surface area contributed by atoms with Crippen LogP contribution >= 0.6 is 0 Å². The Labute approximate surface area is 84.5 Å². The minimum absolute atomic E-state index is 0.377. The van der Waals surface area contributed by atoms with Gasteiger partial charge in [-0.3, -0.25) is 4.79 Å². The SMILES string of the molecule is CC1=C(c2ccccc2)CCC(=O)C1. The van der Waals surface area contributed by atoms with Gasteiger partial charge in [0.2, 0.25) is 0 Å². The number of Topliss-reactive ketones (excluding diaryl/α,β-unsaturated/α-hetero) is 1. The van der Waals surface area contributed by atoms with Gasteiger partial charge in [0.25, 0.3) is 0 Å². The monoisotopic (exact) mass is 186 g/mol.